The summed E-state index contributed by atoms with van der Waals surface area (Å²) in [5.41, 5.74) is 0.768. The molecule has 0 saturated carbocycles. The van der Waals surface area contributed by atoms with Gasteiger partial charge in [-0.1, -0.05) is 46.3 Å². The first-order valence-electron chi connectivity index (χ1n) is 15.8. The molecule has 0 aromatic heterocycles. The van der Waals surface area contributed by atoms with Crippen LogP contribution in [0.25, 0.3) is 0 Å². The molecule has 9 nitrogen and oxygen atoms in total. The van der Waals surface area contributed by atoms with E-state index in [1.165, 1.54) is 0 Å². The molecule has 4 saturated heterocycles. The van der Waals surface area contributed by atoms with Gasteiger partial charge in [-0.25, -0.2) is 0 Å². The number of para-hydroxylation sites is 1. The Hall–Kier alpha value is -2.18. The van der Waals surface area contributed by atoms with E-state index in [1.807, 2.05) is 35.2 Å². The van der Waals surface area contributed by atoms with Crippen molar-refractivity contribution < 1.29 is 24.2 Å². The Balaban J connectivity index is 1.47. The molecule has 4 aliphatic rings. The summed E-state index contributed by atoms with van der Waals surface area (Å²) >= 11 is 5.56. The predicted octanol–water partition coefficient (Wildman–Crippen LogP) is 3.18. The van der Waals surface area contributed by atoms with Gasteiger partial charge < -0.3 is 24.5 Å². The molecular formula is C33H45BrN4O5S. The van der Waals surface area contributed by atoms with Gasteiger partial charge in [0.1, 0.15) is 6.04 Å². The molecule has 4 fully saturated rings. The SMILES string of the molecule is C=CCN(CCN1CCOCC1)C(=O)C1N(CCCCCO)C(=O)[C@@H]2[C@@H](C(=O)N(CC=C)c3ccccc3)[C@@H]3SC12CC3Br. The zero-order chi connectivity index (χ0) is 31.3. The van der Waals surface area contributed by atoms with Crippen LogP contribution >= 0.6 is 27.7 Å². The molecular weight excluding hydrogens is 644 g/mol. The average Bonchev–Trinajstić information content (AvgIpc) is 3.63. The normalized spacial score (nSPS) is 29.5. The first-order chi connectivity index (χ1) is 21.4. The van der Waals surface area contributed by atoms with Crippen LogP contribution in [0.2, 0.25) is 0 Å². The van der Waals surface area contributed by atoms with Crippen molar-refractivity contribution in [1.82, 2.24) is 14.7 Å². The van der Waals surface area contributed by atoms with Gasteiger partial charge in [-0.05, 0) is 37.8 Å². The number of morpholine rings is 1. The molecule has 1 N–H and O–H groups in total. The summed E-state index contributed by atoms with van der Waals surface area (Å²) in [4.78, 5) is 51.3. The minimum atomic E-state index is -0.709. The number of thioether (sulfide) groups is 1. The Morgan fingerprint density at radius 3 is 2.48 bits per heavy atom. The van der Waals surface area contributed by atoms with Gasteiger partial charge in [0.05, 0.1) is 29.8 Å². The van der Waals surface area contributed by atoms with E-state index in [4.69, 9.17) is 4.74 Å². The summed E-state index contributed by atoms with van der Waals surface area (Å²) in [6, 6.07) is 8.85. The van der Waals surface area contributed by atoms with Crippen molar-refractivity contribution >= 4 is 51.1 Å². The van der Waals surface area contributed by atoms with E-state index in [0.717, 1.165) is 31.7 Å². The van der Waals surface area contributed by atoms with Gasteiger partial charge in [0.15, 0.2) is 0 Å². The lowest BCUT2D eigenvalue weighted by Crippen LogP contribution is -2.56. The highest BCUT2D eigenvalue weighted by molar-refractivity contribution is 9.09. The number of rotatable bonds is 15. The lowest BCUT2D eigenvalue weighted by molar-refractivity contribution is -0.142. The Labute approximate surface area is 273 Å². The summed E-state index contributed by atoms with van der Waals surface area (Å²) in [7, 11) is 0. The largest absolute Gasteiger partial charge is 0.396 e. The van der Waals surface area contributed by atoms with Crippen molar-refractivity contribution in [2.75, 3.05) is 70.5 Å². The number of carbonyl (C=O) groups is 3. The number of ether oxygens (including phenoxy) is 1. The van der Waals surface area contributed by atoms with Crippen LogP contribution in [0.3, 0.4) is 0 Å². The highest BCUT2D eigenvalue weighted by Crippen LogP contribution is 2.68. The number of aliphatic hydroxyl groups excluding tert-OH is 1. The van der Waals surface area contributed by atoms with Crippen molar-refractivity contribution in [3.8, 4) is 0 Å². The molecule has 5 rings (SSSR count). The van der Waals surface area contributed by atoms with Gasteiger partial charge >= 0.3 is 0 Å². The number of nitrogens with zero attached hydrogens (tertiary/aromatic N) is 4. The summed E-state index contributed by atoms with van der Waals surface area (Å²) in [5, 5.41) is 9.23. The van der Waals surface area contributed by atoms with E-state index in [9.17, 15) is 19.5 Å². The molecule has 240 valence electrons. The lowest BCUT2D eigenvalue weighted by Gasteiger charge is -2.39. The van der Waals surface area contributed by atoms with Gasteiger partial charge in [-0.3, -0.25) is 19.3 Å². The molecule has 0 radical (unpaired) electrons. The molecule has 4 heterocycles. The lowest BCUT2D eigenvalue weighted by atomic mass is 9.70. The Morgan fingerprint density at radius 1 is 1.07 bits per heavy atom. The van der Waals surface area contributed by atoms with Crippen molar-refractivity contribution in [1.29, 1.82) is 0 Å². The van der Waals surface area contributed by atoms with Gasteiger partial charge in [-0.2, -0.15) is 0 Å². The Morgan fingerprint density at radius 2 is 1.80 bits per heavy atom. The second-order valence-electron chi connectivity index (χ2n) is 12.1. The highest BCUT2D eigenvalue weighted by Gasteiger charge is 2.76. The van der Waals surface area contributed by atoms with Crippen LogP contribution in [0, 0.1) is 11.8 Å². The fourth-order valence-electron chi connectivity index (χ4n) is 7.45. The monoisotopic (exact) mass is 688 g/mol. The fourth-order valence-corrected chi connectivity index (χ4v) is 11.0. The molecule has 1 aromatic carbocycles. The number of carbonyl (C=O) groups excluding carboxylic acids is 3. The smallest absolute Gasteiger partial charge is 0.247 e. The number of anilines is 1. The third kappa shape index (κ3) is 6.40. The van der Waals surface area contributed by atoms with Crippen LogP contribution in [0.4, 0.5) is 5.69 Å². The molecule has 44 heavy (non-hydrogen) atoms. The molecule has 11 heteroatoms. The molecule has 2 bridgehead atoms. The van der Waals surface area contributed by atoms with Crippen LogP contribution in [-0.4, -0.2) is 124 Å². The number of aliphatic hydroxyl groups is 1. The molecule has 6 atom stereocenters. The van der Waals surface area contributed by atoms with Crippen molar-refractivity contribution in [3.05, 3.63) is 55.6 Å². The predicted molar refractivity (Wildman–Crippen MR) is 178 cm³/mol. The summed E-state index contributed by atoms with van der Waals surface area (Å²) < 4.78 is 4.79. The highest BCUT2D eigenvalue weighted by atomic mass is 79.9. The van der Waals surface area contributed by atoms with E-state index in [1.54, 1.807) is 33.7 Å². The third-order valence-electron chi connectivity index (χ3n) is 9.46. The van der Waals surface area contributed by atoms with Crippen LogP contribution < -0.4 is 4.90 Å². The summed E-state index contributed by atoms with van der Waals surface area (Å²) in [5.74, 6) is -1.42. The van der Waals surface area contributed by atoms with Gasteiger partial charge in [0.25, 0.3) is 0 Å². The second-order valence-corrected chi connectivity index (χ2v) is 14.8. The van der Waals surface area contributed by atoms with Crippen LogP contribution in [-0.2, 0) is 19.1 Å². The van der Waals surface area contributed by atoms with Crippen LogP contribution in [0.5, 0.6) is 0 Å². The number of unbranched alkanes of at least 4 members (excludes halogenated alkanes) is 2. The van der Waals surface area contributed by atoms with E-state index < -0.39 is 22.6 Å². The molecule has 0 aliphatic carbocycles. The molecule has 4 aliphatic heterocycles. The number of hydrogen-bond donors (Lipinski definition) is 1. The van der Waals surface area contributed by atoms with Gasteiger partial charge in [0.2, 0.25) is 17.7 Å². The zero-order valence-corrected chi connectivity index (χ0v) is 27.8. The quantitative estimate of drug-likeness (QED) is 0.172. The second kappa shape index (κ2) is 14.9. The number of benzene rings is 1. The standard InChI is InChI=1S/C33H45BrN4O5S/c1-3-13-36(17-16-35-18-21-43-22-19-35)32(42)29-33-23-25(34)28(44-33)26(27(33)31(41)38(29)15-9-6-10-20-39)30(40)37(14-4-2)24-11-7-5-8-12-24/h3-5,7-8,11-12,25-29,39H,1-2,6,9-10,13-23H2/t25?,26-,27+,28-,29?,33?/m1/s1. The van der Waals surface area contributed by atoms with Gasteiger partial charge in [-0.15, -0.1) is 24.9 Å². The number of fused-ring (bicyclic) bond motifs is 1. The minimum absolute atomic E-state index is 0.00213. The van der Waals surface area contributed by atoms with E-state index >= 15 is 0 Å². The molecule has 1 aromatic rings. The molecule has 1 spiro atoms. The van der Waals surface area contributed by atoms with Crippen molar-refractivity contribution in [2.45, 2.75) is 46.5 Å². The first-order valence-corrected chi connectivity index (χ1v) is 17.6. The van der Waals surface area contributed by atoms with E-state index in [0.29, 0.717) is 58.7 Å². The Kier molecular flexibility index (Phi) is 11.3. The maximum atomic E-state index is 14.7. The van der Waals surface area contributed by atoms with Crippen LogP contribution in [0.1, 0.15) is 25.7 Å². The average molecular weight is 690 g/mol. The number of halogens is 1. The number of amides is 3. The van der Waals surface area contributed by atoms with Gasteiger partial charge in [0, 0.05) is 68.2 Å². The van der Waals surface area contributed by atoms with E-state index in [2.05, 4.69) is 34.0 Å². The topological polar surface area (TPSA) is 93.6 Å². The third-order valence-corrected chi connectivity index (χ3v) is 12.7. The van der Waals surface area contributed by atoms with Crippen molar-refractivity contribution in [3.63, 3.8) is 0 Å². The van der Waals surface area contributed by atoms with Crippen molar-refractivity contribution in [2.24, 2.45) is 11.8 Å². The fraction of sp³-hybridized carbons (Fsp3) is 0.606. The minimum Gasteiger partial charge on any atom is -0.396 e. The molecule has 3 amide bonds. The zero-order valence-electron chi connectivity index (χ0n) is 25.4. The number of hydrogen-bond acceptors (Lipinski definition) is 7. The number of likely N-dealkylation sites (tertiary alicyclic amines) is 1. The molecule has 3 unspecified atom stereocenters. The van der Waals surface area contributed by atoms with E-state index in [-0.39, 0.29) is 34.4 Å². The number of alkyl halides is 1. The van der Waals surface area contributed by atoms with Crippen LogP contribution in [0.15, 0.2) is 55.6 Å². The maximum absolute atomic E-state index is 14.7. The summed E-state index contributed by atoms with van der Waals surface area (Å²) in [6.45, 7) is 13.3. The maximum Gasteiger partial charge on any atom is 0.247 e. The Bertz CT molecular complexity index is 1200. The first kappa shape index (κ1) is 33.2. The summed E-state index contributed by atoms with van der Waals surface area (Å²) in [6.07, 6.45) is 6.19.